The summed E-state index contributed by atoms with van der Waals surface area (Å²) in [5.41, 5.74) is 0.896. The molecule has 0 fully saturated rings. The molecule has 22 heavy (non-hydrogen) atoms. The van der Waals surface area contributed by atoms with Gasteiger partial charge in [-0.15, -0.1) is 0 Å². The summed E-state index contributed by atoms with van der Waals surface area (Å²) >= 11 is 3.09. The number of aromatic nitrogens is 2. The molecule has 0 aliphatic carbocycles. The molecule has 2 aromatic rings. The van der Waals surface area contributed by atoms with E-state index in [1.54, 1.807) is 6.92 Å². The summed E-state index contributed by atoms with van der Waals surface area (Å²) in [6.45, 7) is 1.93. The van der Waals surface area contributed by atoms with Crippen molar-refractivity contribution in [2.24, 2.45) is 0 Å². The lowest BCUT2D eigenvalue weighted by molar-refractivity contribution is -0.107. The van der Waals surface area contributed by atoms with Crippen LogP contribution in [0.15, 0.2) is 27.3 Å². The monoisotopic (exact) mass is 372 g/mol. The van der Waals surface area contributed by atoms with Crippen molar-refractivity contribution < 1.29 is 18.9 Å². The van der Waals surface area contributed by atoms with Gasteiger partial charge in [-0.25, -0.2) is 9.02 Å². The van der Waals surface area contributed by atoms with Crippen LogP contribution in [0.2, 0.25) is 0 Å². The molecule has 2 rings (SSSR count). The highest BCUT2D eigenvalue weighted by Gasteiger charge is 2.24. The van der Waals surface area contributed by atoms with Crippen LogP contribution in [0.4, 0.5) is 15.9 Å². The summed E-state index contributed by atoms with van der Waals surface area (Å²) in [5.74, 6) is -0.0785. The Labute approximate surface area is 134 Å². The molecule has 0 saturated heterocycles. The Morgan fingerprint density at radius 1 is 1.55 bits per heavy atom. The van der Waals surface area contributed by atoms with Crippen LogP contribution in [0.1, 0.15) is 18.7 Å². The molecule has 7 nitrogen and oxygen atoms in total. The topological polar surface area (TPSA) is 91.5 Å². The van der Waals surface area contributed by atoms with Crippen LogP contribution in [0.3, 0.4) is 0 Å². The molecule has 1 atom stereocenters. The van der Waals surface area contributed by atoms with Crippen LogP contribution in [0.5, 0.6) is 0 Å². The Kier molecular flexibility index (Phi) is 5.45. The van der Waals surface area contributed by atoms with E-state index >= 15 is 0 Å². The van der Waals surface area contributed by atoms with Crippen molar-refractivity contribution >= 4 is 33.8 Å². The number of nitrogens with zero attached hydrogens (tertiary/aromatic N) is 3. The number of carbonyl (C=O) groups is 1. The quantitative estimate of drug-likeness (QED) is 0.723. The van der Waals surface area contributed by atoms with Gasteiger partial charge in [-0.2, -0.15) is 0 Å². The van der Waals surface area contributed by atoms with Crippen LogP contribution in [-0.4, -0.2) is 35.0 Å². The number of amides is 1. The van der Waals surface area contributed by atoms with Gasteiger partial charge in [0.15, 0.2) is 11.5 Å². The zero-order valence-electron chi connectivity index (χ0n) is 11.7. The summed E-state index contributed by atoms with van der Waals surface area (Å²) in [6, 6.07) is 3.74. The predicted molar refractivity (Wildman–Crippen MR) is 80.9 cm³/mol. The van der Waals surface area contributed by atoms with Gasteiger partial charge in [0.2, 0.25) is 6.41 Å². The normalized spacial score (nSPS) is 12.0. The van der Waals surface area contributed by atoms with E-state index in [4.69, 9.17) is 5.11 Å². The first-order chi connectivity index (χ1) is 10.6. The minimum Gasteiger partial charge on any atom is -0.395 e. The van der Waals surface area contributed by atoms with E-state index in [1.165, 1.54) is 23.1 Å². The first-order valence-electron chi connectivity index (χ1n) is 6.44. The number of nitrogens with one attached hydrogen (secondary N) is 1. The van der Waals surface area contributed by atoms with Gasteiger partial charge in [0.1, 0.15) is 5.82 Å². The first-order valence-corrected chi connectivity index (χ1v) is 7.23. The second-order valence-electron chi connectivity index (χ2n) is 4.44. The molecule has 0 spiro atoms. The second-order valence-corrected chi connectivity index (χ2v) is 5.29. The third-order valence-electron chi connectivity index (χ3n) is 3.05. The highest BCUT2D eigenvalue weighted by molar-refractivity contribution is 9.10. The predicted octanol–water partition coefficient (Wildman–Crippen LogP) is 2.10. The van der Waals surface area contributed by atoms with Crippen molar-refractivity contribution in [3.63, 3.8) is 0 Å². The molecule has 2 N–H and O–H groups in total. The van der Waals surface area contributed by atoms with Crippen molar-refractivity contribution in [3.8, 4) is 0 Å². The molecule has 9 heteroatoms. The highest BCUT2D eigenvalue weighted by Crippen LogP contribution is 2.30. The minimum atomic E-state index is -0.498. The maximum Gasteiger partial charge on any atom is 0.214 e. The maximum absolute atomic E-state index is 13.3. The van der Waals surface area contributed by atoms with E-state index < -0.39 is 11.9 Å². The van der Waals surface area contributed by atoms with E-state index in [9.17, 15) is 9.18 Å². The third kappa shape index (κ3) is 3.42. The van der Waals surface area contributed by atoms with Crippen LogP contribution in [0, 0.1) is 5.82 Å². The number of hydrogen-bond donors (Lipinski definition) is 2. The summed E-state index contributed by atoms with van der Waals surface area (Å²) in [5, 5.41) is 19.2. The molecule has 1 aromatic heterocycles. The number of carbonyl (C=O) groups excluding carboxylic acids is 1. The fourth-order valence-corrected chi connectivity index (χ4v) is 2.29. The molecular weight excluding hydrogens is 359 g/mol. The summed E-state index contributed by atoms with van der Waals surface area (Å²) in [7, 11) is 0. The van der Waals surface area contributed by atoms with Crippen LogP contribution < -0.4 is 10.2 Å². The minimum absolute atomic E-state index is 0.0804. The Balaban J connectivity index is 2.28. The zero-order chi connectivity index (χ0) is 16.1. The molecule has 0 bridgehead atoms. The molecule has 0 radical (unpaired) electrons. The number of aliphatic hydroxyl groups is 1. The van der Waals surface area contributed by atoms with E-state index in [2.05, 4.69) is 36.2 Å². The van der Waals surface area contributed by atoms with Crippen molar-refractivity contribution in [1.29, 1.82) is 0 Å². The van der Waals surface area contributed by atoms with Crippen molar-refractivity contribution in [3.05, 3.63) is 34.2 Å². The Bertz CT molecular complexity index is 652. The molecule has 0 aliphatic rings. The van der Waals surface area contributed by atoms with Gasteiger partial charge >= 0.3 is 0 Å². The van der Waals surface area contributed by atoms with Crippen molar-refractivity contribution in [2.45, 2.75) is 13.0 Å². The van der Waals surface area contributed by atoms with E-state index in [0.717, 1.165) is 0 Å². The van der Waals surface area contributed by atoms with E-state index in [1.807, 2.05) is 0 Å². The largest absolute Gasteiger partial charge is 0.395 e. The molecule has 1 heterocycles. The number of rotatable bonds is 7. The summed E-state index contributed by atoms with van der Waals surface area (Å²) in [6.07, 6.45) is 0.620. The molecule has 0 aliphatic heterocycles. The van der Waals surface area contributed by atoms with Gasteiger partial charge in [-0.1, -0.05) is 5.16 Å². The number of halogens is 2. The lowest BCUT2D eigenvalue weighted by Crippen LogP contribution is -2.26. The van der Waals surface area contributed by atoms with Crippen LogP contribution in [0.25, 0.3) is 0 Å². The molecule has 1 amide bonds. The highest BCUT2D eigenvalue weighted by atomic mass is 79.9. The first kappa shape index (κ1) is 16.4. The fourth-order valence-electron chi connectivity index (χ4n) is 1.92. The SMILES string of the molecule is CC(c1nonc1NCCO)N(C=O)c1ccc(F)c(Br)c1. The zero-order valence-corrected chi connectivity index (χ0v) is 13.2. The number of aliphatic hydroxyl groups excluding tert-OH is 1. The number of hydrogen-bond acceptors (Lipinski definition) is 6. The Hall–Kier alpha value is -2.00. The lowest BCUT2D eigenvalue weighted by Gasteiger charge is -2.24. The van der Waals surface area contributed by atoms with Gasteiger partial charge in [-0.3, -0.25) is 4.79 Å². The van der Waals surface area contributed by atoms with Crippen molar-refractivity contribution in [2.75, 3.05) is 23.4 Å². The summed E-state index contributed by atoms with van der Waals surface area (Å²) in [4.78, 5) is 12.8. The van der Waals surface area contributed by atoms with Gasteiger partial charge in [0.25, 0.3) is 0 Å². The van der Waals surface area contributed by atoms with E-state index in [0.29, 0.717) is 23.6 Å². The summed E-state index contributed by atoms with van der Waals surface area (Å²) < 4.78 is 18.3. The fraction of sp³-hybridized carbons (Fsp3) is 0.308. The van der Waals surface area contributed by atoms with Crippen molar-refractivity contribution in [1.82, 2.24) is 10.3 Å². The van der Waals surface area contributed by atoms with Crippen LogP contribution >= 0.6 is 15.9 Å². The Morgan fingerprint density at radius 2 is 2.32 bits per heavy atom. The smallest absolute Gasteiger partial charge is 0.214 e. The van der Waals surface area contributed by atoms with Gasteiger partial charge in [0, 0.05) is 12.2 Å². The molecule has 0 saturated carbocycles. The third-order valence-corrected chi connectivity index (χ3v) is 3.65. The van der Waals surface area contributed by atoms with E-state index in [-0.39, 0.29) is 17.6 Å². The maximum atomic E-state index is 13.3. The second kappa shape index (κ2) is 7.32. The van der Waals surface area contributed by atoms with Gasteiger partial charge < -0.3 is 15.3 Å². The number of benzene rings is 1. The molecule has 118 valence electrons. The number of anilines is 2. The molecular formula is C13H14BrFN4O3. The standard InChI is InChI=1S/C13H14BrFN4O3/c1-8(12-13(16-4-5-20)18-22-17-12)19(7-21)9-2-3-11(15)10(14)6-9/h2-3,6-8,20H,4-5H2,1H3,(H,16,18). The molecule has 1 unspecified atom stereocenters. The van der Waals surface area contributed by atoms with Gasteiger partial charge in [-0.05, 0) is 46.2 Å². The van der Waals surface area contributed by atoms with Gasteiger partial charge in [0.05, 0.1) is 17.1 Å². The Morgan fingerprint density at radius 3 is 2.95 bits per heavy atom. The average molecular weight is 373 g/mol. The van der Waals surface area contributed by atoms with Crippen LogP contribution in [-0.2, 0) is 4.79 Å². The lowest BCUT2D eigenvalue weighted by atomic mass is 10.2. The molecule has 1 aromatic carbocycles. The average Bonchev–Trinajstić information content (AvgIpc) is 2.97.